The Bertz CT molecular complexity index is 209. The van der Waals surface area contributed by atoms with Gasteiger partial charge >= 0.3 is 6.03 Å². The minimum atomic E-state index is -0.598. The average molecular weight is 185 g/mol. The first-order valence-electron chi connectivity index (χ1n) is 4.23. The molecule has 0 aromatic carbocycles. The van der Waals surface area contributed by atoms with Gasteiger partial charge in [0.15, 0.2) is 5.96 Å². The molecule has 0 aliphatic carbocycles. The third-order valence-electron chi connectivity index (χ3n) is 1.87. The second kappa shape index (κ2) is 4.66. The molecule has 74 valence electrons. The van der Waals surface area contributed by atoms with E-state index >= 15 is 0 Å². The lowest BCUT2D eigenvalue weighted by molar-refractivity contribution is 0.252. The van der Waals surface area contributed by atoms with Crippen molar-refractivity contribution >= 4 is 12.0 Å². The van der Waals surface area contributed by atoms with Crippen molar-refractivity contribution in [3.05, 3.63) is 0 Å². The van der Waals surface area contributed by atoms with Gasteiger partial charge in [0.25, 0.3) is 0 Å². The van der Waals surface area contributed by atoms with Crippen LogP contribution in [0.1, 0.15) is 6.42 Å². The number of aliphatic imine (C=N–C) groups is 1. The Balaban J connectivity index is 2.35. The molecular weight excluding hydrogens is 170 g/mol. The molecule has 0 aromatic heterocycles. The average Bonchev–Trinajstić information content (AvgIpc) is 2.55. The van der Waals surface area contributed by atoms with Gasteiger partial charge in [-0.3, -0.25) is 10.3 Å². The zero-order chi connectivity index (χ0) is 9.68. The van der Waals surface area contributed by atoms with Gasteiger partial charge in [-0.25, -0.2) is 4.79 Å². The Hall–Kier alpha value is -1.30. The van der Waals surface area contributed by atoms with E-state index in [-0.39, 0.29) is 0 Å². The summed E-state index contributed by atoms with van der Waals surface area (Å²) < 4.78 is 0. The highest BCUT2D eigenvalue weighted by Gasteiger charge is 2.15. The lowest BCUT2D eigenvalue weighted by atomic mass is 10.3. The summed E-state index contributed by atoms with van der Waals surface area (Å²) >= 11 is 0. The van der Waals surface area contributed by atoms with E-state index in [1.54, 1.807) is 7.05 Å². The van der Waals surface area contributed by atoms with Crippen LogP contribution in [0, 0.1) is 0 Å². The maximum atomic E-state index is 10.5. The third-order valence-corrected chi connectivity index (χ3v) is 1.87. The zero-order valence-electron chi connectivity index (χ0n) is 7.63. The van der Waals surface area contributed by atoms with Gasteiger partial charge in [-0.05, 0) is 13.0 Å². The standard InChI is InChI=1S/C7H15N5O/c1-9-7(12-6(8)13)11-5-2-3-10-4-5/h5,10H,2-4H2,1H3,(H4,8,9,11,12,13). The van der Waals surface area contributed by atoms with Crippen molar-refractivity contribution < 1.29 is 4.79 Å². The predicted octanol–water partition coefficient (Wildman–Crippen LogP) is -1.41. The SMILES string of the molecule is CN=C(NC(N)=O)NC1CCNC1. The fourth-order valence-electron chi connectivity index (χ4n) is 1.24. The van der Waals surface area contributed by atoms with Crippen LogP contribution >= 0.6 is 0 Å². The van der Waals surface area contributed by atoms with Crippen molar-refractivity contribution in [1.82, 2.24) is 16.0 Å². The van der Waals surface area contributed by atoms with Crippen LogP contribution in [0.15, 0.2) is 4.99 Å². The fourth-order valence-corrected chi connectivity index (χ4v) is 1.24. The summed E-state index contributed by atoms with van der Waals surface area (Å²) in [6.45, 7) is 1.88. The molecule has 1 saturated heterocycles. The number of guanidine groups is 1. The van der Waals surface area contributed by atoms with Gasteiger partial charge in [-0.15, -0.1) is 0 Å². The first-order chi connectivity index (χ1) is 6.22. The molecule has 0 radical (unpaired) electrons. The van der Waals surface area contributed by atoms with Crippen LogP contribution in [0.5, 0.6) is 0 Å². The van der Waals surface area contributed by atoms with E-state index < -0.39 is 6.03 Å². The van der Waals surface area contributed by atoms with E-state index in [0.717, 1.165) is 19.5 Å². The molecule has 1 rings (SSSR count). The van der Waals surface area contributed by atoms with Crippen molar-refractivity contribution in [1.29, 1.82) is 0 Å². The quantitative estimate of drug-likeness (QED) is 0.299. The Kier molecular flexibility index (Phi) is 3.51. The number of carbonyl (C=O) groups excluding carboxylic acids is 1. The Morgan fingerprint density at radius 1 is 1.69 bits per heavy atom. The first-order valence-corrected chi connectivity index (χ1v) is 4.23. The van der Waals surface area contributed by atoms with Gasteiger partial charge in [0.1, 0.15) is 0 Å². The first kappa shape index (κ1) is 9.79. The molecule has 0 bridgehead atoms. The van der Waals surface area contributed by atoms with Gasteiger partial charge in [0, 0.05) is 19.6 Å². The number of amides is 2. The number of hydrogen-bond acceptors (Lipinski definition) is 3. The summed E-state index contributed by atoms with van der Waals surface area (Å²) in [7, 11) is 1.60. The minimum absolute atomic E-state index is 0.325. The fraction of sp³-hybridized carbons (Fsp3) is 0.714. The van der Waals surface area contributed by atoms with Gasteiger partial charge < -0.3 is 16.4 Å². The molecule has 1 fully saturated rings. The zero-order valence-corrected chi connectivity index (χ0v) is 7.63. The Morgan fingerprint density at radius 3 is 2.92 bits per heavy atom. The van der Waals surface area contributed by atoms with Crippen molar-refractivity contribution in [2.75, 3.05) is 20.1 Å². The summed E-state index contributed by atoms with van der Waals surface area (Å²) in [5.41, 5.74) is 4.96. The molecule has 1 unspecified atom stereocenters. The normalized spacial score (nSPS) is 22.8. The molecule has 2 amide bonds. The molecule has 6 nitrogen and oxygen atoms in total. The molecule has 1 aliphatic heterocycles. The number of primary amides is 1. The van der Waals surface area contributed by atoms with Crippen LogP contribution < -0.4 is 21.7 Å². The number of carbonyl (C=O) groups is 1. The van der Waals surface area contributed by atoms with E-state index in [9.17, 15) is 4.79 Å². The highest BCUT2D eigenvalue weighted by atomic mass is 16.2. The lowest BCUT2D eigenvalue weighted by Crippen LogP contribution is -2.48. The number of nitrogens with one attached hydrogen (secondary N) is 3. The number of hydrogen-bond donors (Lipinski definition) is 4. The Labute approximate surface area is 77.0 Å². The molecule has 1 atom stereocenters. The van der Waals surface area contributed by atoms with Crippen LogP contribution in [0.3, 0.4) is 0 Å². The maximum absolute atomic E-state index is 10.5. The smallest absolute Gasteiger partial charge is 0.318 e. The molecule has 5 N–H and O–H groups in total. The van der Waals surface area contributed by atoms with Crippen LogP contribution in [0.25, 0.3) is 0 Å². The van der Waals surface area contributed by atoms with E-state index in [2.05, 4.69) is 20.9 Å². The van der Waals surface area contributed by atoms with Crippen LogP contribution in [-0.2, 0) is 0 Å². The molecule has 0 spiro atoms. The number of nitrogens with zero attached hydrogens (tertiary/aromatic N) is 1. The second-order valence-corrected chi connectivity index (χ2v) is 2.90. The third kappa shape index (κ3) is 3.29. The summed E-state index contributed by atoms with van der Waals surface area (Å²) in [6, 6.07) is -0.274. The van der Waals surface area contributed by atoms with Crippen LogP contribution in [-0.4, -0.2) is 38.2 Å². The highest BCUT2D eigenvalue weighted by Crippen LogP contribution is 1.95. The number of nitrogens with two attached hydrogens (primary N) is 1. The largest absolute Gasteiger partial charge is 0.352 e. The van der Waals surface area contributed by atoms with Gasteiger partial charge in [-0.2, -0.15) is 0 Å². The van der Waals surface area contributed by atoms with Gasteiger partial charge in [0.2, 0.25) is 0 Å². The van der Waals surface area contributed by atoms with Gasteiger partial charge in [0.05, 0.1) is 0 Å². The summed E-state index contributed by atoms with van der Waals surface area (Å²) in [6.07, 6.45) is 1.03. The molecular formula is C7H15N5O. The van der Waals surface area contributed by atoms with E-state index in [0.29, 0.717) is 12.0 Å². The topological polar surface area (TPSA) is 91.5 Å². The summed E-state index contributed by atoms with van der Waals surface area (Å²) in [5, 5.41) is 8.67. The lowest BCUT2D eigenvalue weighted by Gasteiger charge is -2.14. The molecule has 6 heteroatoms. The summed E-state index contributed by atoms with van der Waals surface area (Å²) in [5.74, 6) is 0.432. The number of urea groups is 1. The molecule has 0 saturated carbocycles. The Morgan fingerprint density at radius 2 is 2.46 bits per heavy atom. The van der Waals surface area contributed by atoms with E-state index in [1.807, 2.05) is 0 Å². The van der Waals surface area contributed by atoms with Crippen LogP contribution in [0.4, 0.5) is 4.79 Å². The predicted molar refractivity (Wildman–Crippen MR) is 50.5 cm³/mol. The monoisotopic (exact) mass is 185 g/mol. The van der Waals surface area contributed by atoms with Crippen molar-refractivity contribution in [2.45, 2.75) is 12.5 Å². The minimum Gasteiger partial charge on any atom is -0.352 e. The molecule has 1 aliphatic rings. The van der Waals surface area contributed by atoms with E-state index in [1.165, 1.54) is 0 Å². The number of rotatable bonds is 1. The van der Waals surface area contributed by atoms with Crippen molar-refractivity contribution in [3.8, 4) is 0 Å². The van der Waals surface area contributed by atoms with Gasteiger partial charge in [-0.1, -0.05) is 0 Å². The molecule has 13 heavy (non-hydrogen) atoms. The van der Waals surface area contributed by atoms with E-state index in [4.69, 9.17) is 5.73 Å². The van der Waals surface area contributed by atoms with Crippen molar-refractivity contribution in [3.63, 3.8) is 0 Å². The molecule has 1 heterocycles. The molecule has 0 aromatic rings. The second-order valence-electron chi connectivity index (χ2n) is 2.90. The summed E-state index contributed by atoms with van der Waals surface area (Å²) in [4.78, 5) is 14.4. The van der Waals surface area contributed by atoms with Crippen LogP contribution in [0.2, 0.25) is 0 Å². The highest BCUT2D eigenvalue weighted by molar-refractivity contribution is 5.95. The maximum Gasteiger partial charge on any atom is 0.318 e. The van der Waals surface area contributed by atoms with Crippen molar-refractivity contribution in [2.24, 2.45) is 10.7 Å².